The molecular formula is C11H14N2O5. The maximum absolute atomic E-state index is 11.7. The van der Waals surface area contributed by atoms with Crippen molar-refractivity contribution in [3.05, 3.63) is 28.0 Å². The fourth-order valence-corrected chi connectivity index (χ4v) is 1.96. The maximum Gasteiger partial charge on any atom is 0.433 e. The molecule has 0 bridgehead atoms. The Morgan fingerprint density at radius 3 is 3.00 bits per heavy atom. The van der Waals surface area contributed by atoms with Crippen LogP contribution in [-0.2, 0) is 4.74 Å². The van der Waals surface area contributed by atoms with Gasteiger partial charge in [0, 0.05) is 6.54 Å². The van der Waals surface area contributed by atoms with Crippen LogP contribution in [0.5, 0.6) is 0 Å². The number of ether oxygens (including phenoxy) is 1. The SMILES string of the molecule is CN1CCCC(OC(=O)c2ccc([N+](=O)[O-])o2)C1. The molecule has 0 aromatic carbocycles. The summed E-state index contributed by atoms with van der Waals surface area (Å²) >= 11 is 0. The van der Waals surface area contributed by atoms with E-state index >= 15 is 0 Å². The Labute approximate surface area is 103 Å². The van der Waals surface area contributed by atoms with E-state index in [2.05, 4.69) is 4.90 Å². The molecule has 0 amide bonds. The van der Waals surface area contributed by atoms with Crippen LogP contribution in [0.2, 0.25) is 0 Å². The largest absolute Gasteiger partial charge is 0.455 e. The van der Waals surface area contributed by atoms with Gasteiger partial charge in [0.1, 0.15) is 11.0 Å². The molecule has 1 aromatic heterocycles. The second-order valence-electron chi connectivity index (χ2n) is 4.33. The standard InChI is InChI=1S/C11H14N2O5/c1-12-6-2-3-8(7-12)17-11(14)9-4-5-10(18-9)13(15)16/h4-5,8H,2-3,6-7H2,1H3. The summed E-state index contributed by atoms with van der Waals surface area (Å²) in [6.07, 6.45) is 1.59. The van der Waals surface area contributed by atoms with Gasteiger partial charge in [-0.3, -0.25) is 10.1 Å². The van der Waals surface area contributed by atoms with E-state index in [1.807, 2.05) is 7.05 Å². The molecule has 2 heterocycles. The smallest absolute Gasteiger partial charge is 0.433 e. The first-order chi connectivity index (χ1) is 8.56. The van der Waals surface area contributed by atoms with E-state index < -0.39 is 16.8 Å². The van der Waals surface area contributed by atoms with Gasteiger partial charge in [-0.15, -0.1) is 0 Å². The molecule has 1 atom stereocenters. The van der Waals surface area contributed by atoms with Gasteiger partial charge in [-0.2, -0.15) is 0 Å². The Hall–Kier alpha value is -1.89. The van der Waals surface area contributed by atoms with Gasteiger partial charge in [0.25, 0.3) is 0 Å². The summed E-state index contributed by atoms with van der Waals surface area (Å²) in [6, 6.07) is 2.40. The highest BCUT2D eigenvalue weighted by molar-refractivity contribution is 5.86. The third-order valence-electron chi connectivity index (χ3n) is 2.83. The van der Waals surface area contributed by atoms with Crippen molar-refractivity contribution < 1.29 is 18.9 Å². The van der Waals surface area contributed by atoms with Crippen molar-refractivity contribution in [2.75, 3.05) is 20.1 Å². The molecule has 1 aromatic rings. The third-order valence-corrected chi connectivity index (χ3v) is 2.83. The molecular weight excluding hydrogens is 240 g/mol. The number of carbonyl (C=O) groups excluding carboxylic acids is 1. The van der Waals surface area contributed by atoms with Crippen LogP contribution < -0.4 is 0 Å². The van der Waals surface area contributed by atoms with Gasteiger partial charge in [0.05, 0.1) is 6.07 Å². The van der Waals surface area contributed by atoms with E-state index in [1.165, 1.54) is 6.07 Å². The van der Waals surface area contributed by atoms with Crippen molar-refractivity contribution >= 4 is 11.9 Å². The number of carbonyl (C=O) groups is 1. The summed E-state index contributed by atoms with van der Waals surface area (Å²) in [4.78, 5) is 23.5. The molecule has 0 spiro atoms. The van der Waals surface area contributed by atoms with Gasteiger partial charge < -0.3 is 14.1 Å². The van der Waals surface area contributed by atoms with Crippen molar-refractivity contribution in [2.24, 2.45) is 0 Å². The first-order valence-corrected chi connectivity index (χ1v) is 5.70. The number of hydrogen-bond acceptors (Lipinski definition) is 6. The van der Waals surface area contributed by atoms with Crippen LogP contribution in [0.25, 0.3) is 0 Å². The number of furan rings is 1. The zero-order valence-corrected chi connectivity index (χ0v) is 10.00. The van der Waals surface area contributed by atoms with Gasteiger partial charge in [0.15, 0.2) is 0 Å². The third kappa shape index (κ3) is 2.86. The minimum absolute atomic E-state index is 0.130. The second kappa shape index (κ2) is 5.18. The van der Waals surface area contributed by atoms with E-state index in [4.69, 9.17) is 9.15 Å². The van der Waals surface area contributed by atoms with Crippen LogP contribution in [-0.4, -0.2) is 42.0 Å². The van der Waals surface area contributed by atoms with Gasteiger partial charge in [0.2, 0.25) is 5.76 Å². The number of hydrogen-bond donors (Lipinski definition) is 0. The van der Waals surface area contributed by atoms with E-state index in [0.29, 0.717) is 6.54 Å². The van der Waals surface area contributed by atoms with Gasteiger partial charge in [-0.25, -0.2) is 4.79 Å². The molecule has 2 rings (SSSR count). The summed E-state index contributed by atoms with van der Waals surface area (Å²) in [6.45, 7) is 1.66. The molecule has 1 aliphatic rings. The fraction of sp³-hybridized carbons (Fsp3) is 0.545. The van der Waals surface area contributed by atoms with Crippen LogP contribution in [0.4, 0.5) is 5.88 Å². The van der Waals surface area contributed by atoms with Gasteiger partial charge >= 0.3 is 11.9 Å². The van der Waals surface area contributed by atoms with Gasteiger partial charge in [-0.05, 0) is 32.5 Å². The number of esters is 1. The lowest BCUT2D eigenvalue weighted by Crippen LogP contribution is -2.38. The number of nitro groups is 1. The number of rotatable bonds is 3. The highest BCUT2D eigenvalue weighted by Crippen LogP contribution is 2.18. The topological polar surface area (TPSA) is 85.8 Å². The number of nitrogens with zero attached hydrogens (tertiary/aromatic N) is 2. The molecule has 1 fully saturated rings. The summed E-state index contributed by atoms with van der Waals surface area (Å²) in [5, 5.41) is 10.4. The zero-order chi connectivity index (χ0) is 13.1. The lowest BCUT2D eigenvalue weighted by molar-refractivity contribution is -0.402. The van der Waals surface area contributed by atoms with E-state index in [-0.39, 0.29) is 11.9 Å². The molecule has 7 nitrogen and oxygen atoms in total. The van der Waals surface area contributed by atoms with Crippen molar-refractivity contribution in [1.29, 1.82) is 0 Å². The Kier molecular flexibility index (Phi) is 3.61. The summed E-state index contributed by atoms with van der Waals surface area (Å²) in [5.41, 5.74) is 0. The monoisotopic (exact) mass is 254 g/mol. The molecule has 0 N–H and O–H groups in total. The number of likely N-dealkylation sites (tertiary alicyclic amines) is 1. The fourth-order valence-electron chi connectivity index (χ4n) is 1.96. The molecule has 0 aliphatic carbocycles. The Bertz CT molecular complexity index is 456. The molecule has 18 heavy (non-hydrogen) atoms. The van der Waals surface area contributed by atoms with Crippen molar-refractivity contribution in [3.8, 4) is 0 Å². The second-order valence-corrected chi connectivity index (χ2v) is 4.33. The maximum atomic E-state index is 11.7. The minimum Gasteiger partial charge on any atom is -0.455 e. The van der Waals surface area contributed by atoms with Crippen LogP contribution in [0.3, 0.4) is 0 Å². The first kappa shape index (κ1) is 12.6. The van der Waals surface area contributed by atoms with Crippen molar-refractivity contribution in [2.45, 2.75) is 18.9 Å². The van der Waals surface area contributed by atoms with Crippen LogP contribution in [0, 0.1) is 10.1 Å². The van der Waals surface area contributed by atoms with Crippen molar-refractivity contribution in [3.63, 3.8) is 0 Å². The Morgan fingerprint density at radius 2 is 2.39 bits per heavy atom. The molecule has 98 valence electrons. The molecule has 0 saturated carbocycles. The Balaban J connectivity index is 1.96. The van der Waals surface area contributed by atoms with E-state index in [0.717, 1.165) is 25.5 Å². The lowest BCUT2D eigenvalue weighted by Gasteiger charge is -2.28. The molecule has 1 saturated heterocycles. The van der Waals surface area contributed by atoms with E-state index in [1.54, 1.807) is 0 Å². The first-order valence-electron chi connectivity index (χ1n) is 5.70. The predicted molar refractivity (Wildman–Crippen MR) is 61.3 cm³/mol. The quantitative estimate of drug-likeness (QED) is 0.461. The molecule has 1 unspecified atom stereocenters. The van der Waals surface area contributed by atoms with Crippen LogP contribution in [0.1, 0.15) is 23.4 Å². The predicted octanol–water partition coefficient (Wildman–Crippen LogP) is 1.44. The summed E-state index contributed by atoms with van der Waals surface area (Å²) < 4.78 is 10.0. The Morgan fingerprint density at radius 1 is 1.61 bits per heavy atom. The minimum atomic E-state index is -0.689. The van der Waals surface area contributed by atoms with Crippen molar-refractivity contribution in [1.82, 2.24) is 4.90 Å². The summed E-state index contributed by atoms with van der Waals surface area (Å²) in [7, 11) is 1.96. The average Bonchev–Trinajstić information content (AvgIpc) is 2.78. The van der Waals surface area contributed by atoms with E-state index in [9.17, 15) is 14.9 Å². The number of piperidine rings is 1. The molecule has 7 heteroatoms. The molecule has 1 aliphatic heterocycles. The molecule has 0 radical (unpaired) electrons. The normalized spacial score (nSPS) is 20.6. The highest BCUT2D eigenvalue weighted by atomic mass is 16.7. The highest BCUT2D eigenvalue weighted by Gasteiger charge is 2.24. The van der Waals surface area contributed by atoms with Crippen LogP contribution in [0.15, 0.2) is 16.5 Å². The number of likely N-dealkylation sites (N-methyl/N-ethyl adjacent to an activating group) is 1. The zero-order valence-electron chi connectivity index (χ0n) is 10.00. The average molecular weight is 254 g/mol. The lowest BCUT2D eigenvalue weighted by atomic mass is 10.1. The summed E-state index contributed by atoms with van der Waals surface area (Å²) in [5.74, 6) is -1.24. The van der Waals surface area contributed by atoms with Crippen LogP contribution >= 0.6 is 0 Å². The van der Waals surface area contributed by atoms with Gasteiger partial charge in [-0.1, -0.05) is 0 Å².